The third-order valence-electron chi connectivity index (χ3n) is 2.96. The van der Waals surface area contributed by atoms with Crippen LogP contribution in [0.2, 0.25) is 0 Å². The third kappa shape index (κ3) is 3.63. The van der Waals surface area contributed by atoms with Crippen molar-refractivity contribution in [2.45, 2.75) is 46.1 Å². The Kier molecular flexibility index (Phi) is 5.32. The molecule has 0 aliphatic rings. The Bertz CT molecular complexity index is 241. The number of H-pyrrole nitrogens is 1. The van der Waals surface area contributed by atoms with Gasteiger partial charge in [0.05, 0.1) is 17.9 Å². The van der Waals surface area contributed by atoms with E-state index in [1.165, 1.54) is 12.8 Å². The van der Waals surface area contributed by atoms with E-state index in [-0.39, 0.29) is 0 Å². The summed E-state index contributed by atoms with van der Waals surface area (Å²) in [5, 5.41) is 14.2. The van der Waals surface area contributed by atoms with Crippen LogP contribution in [0.3, 0.4) is 0 Å². The summed E-state index contributed by atoms with van der Waals surface area (Å²) in [5.74, 6) is 0.769. The minimum absolute atomic E-state index is 0.346. The molecule has 2 N–H and O–H groups in total. The first kappa shape index (κ1) is 12.2. The number of nitrogens with one attached hydrogen (secondary N) is 2. The van der Waals surface area contributed by atoms with Crippen molar-refractivity contribution in [2.75, 3.05) is 6.54 Å². The quantitative estimate of drug-likeness (QED) is 0.726. The Morgan fingerprint density at radius 1 is 1.33 bits per heavy atom. The highest BCUT2D eigenvalue weighted by atomic mass is 15.3. The number of aromatic nitrogens is 3. The first-order chi connectivity index (χ1) is 7.31. The van der Waals surface area contributed by atoms with Gasteiger partial charge in [-0.3, -0.25) is 0 Å². The predicted molar refractivity (Wildman–Crippen MR) is 61.5 cm³/mol. The summed E-state index contributed by atoms with van der Waals surface area (Å²) in [7, 11) is 0. The van der Waals surface area contributed by atoms with E-state index in [9.17, 15) is 0 Å². The van der Waals surface area contributed by atoms with Crippen LogP contribution < -0.4 is 5.32 Å². The maximum absolute atomic E-state index is 4.16. The summed E-state index contributed by atoms with van der Waals surface area (Å²) >= 11 is 0. The van der Waals surface area contributed by atoms with Gasteiger partial charge in [-0.25, -0.2) is 0 Å². The van der Waals surface area contributed by atoms with Crippen LogP contribution in [-0.2, 0) is 0 Å². The van der Waals surface area contributed by atoms with E-state index in [1.54, 1.807) is 0 Å². The Labute approximate surface area is 91.9 Å². The molecule has 4 heteroatoms. The van der Waals surface area contributed by atoms with Crippen LogP contribution in [0, 0.1) is 5.92 Å². The molecule has 1 aromatic heterocycles. The van der Waals surface area contributed by atoms with Crippen molar-refractivity contribution >= 4 is 0 Å². The fourth-order valence-electron chi connectivity index (χ4n) is 1.89. The largest absolute Gasteiger partial charge is 0.309 e. The second-order valence-corrected chi connectivity index (χ2v) is 3.92. The fourth-order valence-corrected chi connectivity index (χ4v) is 1.89. The van der Waals surface area contributed by atoms with Crippen molar-refractivity contribution in [3.63, 3.8) is 0 Å². The molecule has 1 rings (SSSR count). The second-order valence-electron chi connectivity index (χ2n) is 3.92. The summed E-state index contributed by atoms with van der Waals surface area (Å²) in [6.07, 6.45) is 5.43. The average molecular weight is 210 g/mol. The zero-order valence-electron chi connectivity index (χ0n) is 9.95. The van der Waals surface area contributed by atoms with Gasteiger partial charge in [-0.05, 0) is 18.9 Å². The number of hydrogen-bond donors (Lipinski definition) is 2. The Hall–Kier alpha value is -0.900. The zero-order valence-corrected chi connectivity index (χ0v) is 9.95. The van der Waals surface area contributed by atoms with Gasteiger partial charge in [0, 0.05) is 0 Å². The van der Waals surface area contributed by atoms with Crippen molar-refractivity contribution < 1.29 is 0 Å². The van der Waals surface area contributed by atoms with E-state index < -0.39 is 0 Å². The molecule has 1 atom stereocenters. The molecule has 1 heterocycles. The average Bonchev–Trinajstić information content (AvgIpc) is 2.77. The molecule has 1 unspecified atom stereocenters. The Balaban J connectivity index is 2.58. The topological polar surface area (TPSA) is 53.6 Å². The van der Waals surface area contributed by atoms with E-state index in [0.29, 0.717) is 6.04 Å². The van der Waals surface area contributed by atoms with Gasteiger partial charge in [-0.2, -0.15) is 15.4 Å². The lowest BCUT2D eigenvalue weighted by Crippen LogP contribution is -2.23. The molecule has 0 aromatic carbocycles. The molecule has 0 aliphatic heterocycles. The third-order valence-corrected chi connectivity index (χ3v) is 2.96. The van der Waals surface area contributed by atoms with Crippen LogP contribution >= 0.6 is 0 Å². The van der Waals surface area contributed by atoms with Gasteiger partial charge < -0.3 is 5.32 Å². The smallest absolute Gasteiger partial charge is 0.0993 e. The van der Waals surface area contributed by atoms with Gasteiger partial charge in [0.2, 0.25) is 0 Å². The molecule has 0 aliphatic carbocycles. The number of nitrogens with zero attached hydrogens (tertiary/aromatic N) is 2. The van der Waals surface area contributed by atoms with Crippen molar-refractivity contribution in [1.82, 2.24) is 20.7 Å². The van der Waals surface area contributed by atoms with Crippen molar-refractivity contribution in [2.24, 2.45) is 5.92 Å². The van der Waals surface area contributed by atoms with Crippen LogP contribution in [0.15, 0.2) is 6.20 Å². The summed E-state index contributed by atoms with van der Waals surface area (Å²) in [5.41, 5.74) is 1.03. The van der Waals surface area contributed by atoms with Gasteiger partial charge in [0.1, 0.15) is 0 Å². The van der Waals surface area contributed by atoms with Crippen LogP contribution in [0.5, 0.6) is 0 Å². The van der Waals surface area contributed by atoms with E-state index in [2.05, 4.69) is 41.5 Å². The lowest BCUT2D eigenvalue weighted by atomic mass is 9.93. The summed E-state index contributed by atoms with van der Waals surface area (Å²) < 4.78 is 0. The number of aromatic amines is 1. The normalized spacial score (nSPS) is 13.3. The Morgan fingerprint density at radius 3 is 2.53 bits per heavy atom. The molecule has 0 amide bonds. The molecule has 15 heavy (non-hydrogen) atoms. The monoisotopic (exact) mass is 210 g/mol. The molecule has 0 bridgehead atoms. The molecule has 0 saturated carbocycles. The molecule has 0 fully saturated rings. The minimum atomic E-state index is 0.346. The molecule has 0 saturated heterocycles. The van der Waals surface area contributed by atoms with Crippen LogP contribution in [-0.4, -0.2) is 22.0 Å². The first-order valence-electron chi connectivity index (χ1n) is 5.90. The predicted octanol–water partition coefficient (Wildman–Crippen LogP) is 2.28. The van der Waals surface area contributed by atoms with Crippen molar-refractivity contribution in [3.05, 3.63) is 11.9 Å². The van der Waals surface area contributed by atoms with Gasteiger partial charge in [-0.15, -0.1) is 0 Å². The number of hydrogen-bond acceptors (Lipinski definition) is 3. The maximum atomic E-state index is 4.16. The first-order valence-corrected chi connectivity index (χ1v) is 5.90. The Morgan fingerprint density at radius 2 is 2.07 bits per heavy atom. The van der Waals surface area contributed by atoms with Gasteiger partial charge in [0.25, 0.3) is 0 Å². The van der Waals surface area contributed by atoms with Crippen LogP contribution in [0.1, 0.15) is 51.8 Å². The second kappa shape index (κ2) is 6.56. The molecule has 0 spiro atoms. The van der Waals surface area contributed by atoms with Gasteiger partial charge in [-0.1, -0.05) is 33.6 Å². The number of rotatable bonds is 7. The van der Waals surface area contributed by atoms with E-state index in [4.69, 9.17) is 0 Å². The standard InChI is InChI=1S/C11H22N4/c1-4-9(5-2)7-10(12-6-3)11-8-13-15-14-11/h8-10,12H,4-7H2,1-3H3,(H,13,14,15). The van der Waals surface area contributed by atoms with E-state index in [0.717, 1.165) is 24.6 Å². The highest BCUT2D eigenvalue weighted by Crippen LogP contribution is 2.23. The highest BCUT2D eigenvalue weighted by Gasteiger charge is 2.17. The van der Waals surface area contributed by atoms with Gasteiger partial charge >= 0.3 is 0 Å². The van der Waals surface area contributed by atoms with E-state index in [1.807, 2.05) is 6.20 Å². The minimum Gasteiger partial charge on any atom is -0.309 e. The molecule has 1 aromatic rings. The molecular formula is C11H22N4. The van der Waals surface area contributed by atoms with Crippen molar-refractivity contribution in [3.8, 4) is 0 Å². The zero-order chi connectivity index (χ0) is 11.1. The summed E-state index contributed by atoms with van der Waals surface area (Å²) in [6, 6.07) is 0.346. The maximum Gasteiger partial charge on any atom is 0.0993 e. The lowest BCUT2D eigenvalue weighted by molar-refractivity contribution is 0.370. The van der Waals surface area contributed by atoms with Crippen molar-refractivity contribution in [1.29, 1.82) is 0 Å². The molecule has 86 valence electrons. The highest BCUT2D eigenvalue weighted by molar-refractivity contribution is 4.99. The summed E-state index contributed by atoms with van der Waals surface area (Å²) in [6.45, 7) is 7.59. The van der Waals surface area contributed by atoms with Gasteiger partial charge in [0.15, 0.2) is 0 Å². The van der Waals surface area contributed by atoms with Crippen LogP contribution in [0.4, 0.5) is 0 Å². The van der Waals surface area contributed by atoms with E-state index >= 15 is 0 Å². The SMILES string of the molecule is CCNC(CC(CC)CC)c1cn[nH]n1. The van der Waals surface area contributed by atoms with Crippen LogP contribution in [0.25, 0.3) is 0 Å². The molecule has 0 radical (unpaired) electrons. The fraction of sp³-hybridized carbons (Fsp3) is 0.818. The summed E-state index contributed by atoms with van der Waals surface area (Å²) in [4.78, 5) is 0. The molecule has 4 nitrogen and oxygen atoms in total. The molecular weight excluding hydrogens is 188 g/mol. The lowest BCUT2D eigenvalue weighted by Gasteiger charge is -2.20.